The summed E-state index contributed by atoms with van der Waals surface area (Å²) in [5.74, 6) is -0.616. The number of carbonyl (C=O) groups is 3. The Kier molecular flexibility index (Phi) is 9.62. The first-order valence-corrected chi connectivity index (χ1v) is 7.49. The van der Waals surface area contributed by atoms with E-state index in [1.807, 2.05) is 20.8 Å². The number of esters is 1. The van der Waals surface area contributed by atoms with E-state index in [0.29, 0.717) is 13.2 Å². The van der Waals surface area contributed by atoms with Crippen molar-refractivity contribution in [3.63, 3.8) is 0 Å². The molecule has 0 aliphatic carbocycles. The van der Waals surface area contributed by atoms with E-state index in [-0.39, 0.29) is 36.7 Å². The lowest BCUT2D eigenvalue weighted by Gasteiger charge is -2.23. The fraction of sp³-hybridized carbons (Fsp3) is 0.800. The zero-order valence-electron chi connectivity index (χ0n) is 13.8. The standard InChI is InChI=1S/C15H28N2O4/c1-6-8-17(10-14(20)21-7-2)9-13(19)16-15(11(3)4)12(5)18/h11,15H,6-10H2,1-5H3,(H,16,19). The number of hydrogen-bond acceptors (Lipinski definition) is 5. The second-order valence-corrected chi connectivity index (χ2v) is 5.42. The number of rotatable bonds is 10. The van der Waals surface area contributed by atoms with Gasteiger partial charge >= 0.3 is 5.97 Å². The number of Topliss-reactive ketones (excluding diaryl/α,β-unsaturated/α-hetero) is 1. The number of amides is 1. The van der Waals surface area contributed by atoms with Gasteiger partial charge in [-0.05, 0) is 32.7 Å². The molecule has 0 spiro atoms. The van der Waals surface area contributed by atoms with Crippen LogP contribution in [0.5, 0.6) is 0 Å². The lowest BCUT2D eigenvalue weighted by molar-refractivity contribution is -0.144. The predicted molar refractivity (Wildman–Crippen MR) is 80.8 cm³/mol. The highest BCUT2D eigenvalue weighted by molar-refractivity contribution is 5.88. The third-order valence-corrected chi connectivity index (χ3v) is 2.99. The quantitative estimate of drug-likeness (QED) is 0.609. The van der Waals surface area contributed by atoms with Gasteiger partial charge in [0.25, 0.3) is 0 Å². The molecule has 0 aromatic rings. The summed E-state index contributed by atoms with van der Waals surface area (Å²) < 4.78 is 4.89. The Morgan fingerprint density at radius 3 is 2.19 bits per heavy atom. The van der Waals surface area contributed by atoms with Crippen LogP contribution in [0, 0.1) is 5.92 Å². The molecule has 0 fully saturated rings. The zero-order chi connectivity index (χ0) is 16.4. The van der Waals surface area contributed by atoms with Gasteiger partial charge in [0.1, 0.15) is 0 Å². The summed E-state index contributed by atoms with van der Waals surface area (Å²) >= 11 is 0. The first-order valence-electron chi connectivity index (χ1n) is 7.49. The molecule has 0 aromatic carbocycles. The summed E-state index contributed by atoms with van der Waals surface area (Å²) in [6, 6.07) is -0.483. The van der Waals surface area contributed by atoms with Crippen LogP contribution in [0.3, 0.4) is 0 Å². The molecule has 21 heavy (non-hydrogen) atoms. The van der Waals surface area contributed by atoms with E-state index in [1.165, 1.54) is 6.92 Å². The van der Waals surface area contributed by atoms with Crippen LogP contribution < -0.4 is 5.32 Å². The number of hydrogen-bond donors (Lipinski definition) is 1. The second kappa shape index (κ2) is 10.3. The molecular formula is C15H28N2O4. The van der Waals surface area contributed by atoms with Gasteiger partial charge in [0.2, 0.25) is 5.91 Å². The predicted octanol–water partition coefficient (Wildman–Crippen LogP) is 0.991. The van der Waals surface area contributed by atoms with Crippen LogP contribution in [0.25, 0.3) is 0 Å². The van der Waals surface area contributed by atoms with Gasteiger partial charge in [0.05, 0.1) is 25.7 Å². The van der Waals surface area contributed by atoms with Crippen molar-refractivity contribution in [1.29, 1.82) is 0 Å². The molecule has 0 bridgehead atoms. The molecule has 6 nitrogen and oxygen atoms in total. The summed E-state index contributed by atoms with van der Waals surface area (Å²) in [5.41, 5.74) is 0. The Hall–Kier alpha value is -1.43. The third kappa shape index (κ3) is 8.45. The van der Waals surface area contributed by atoms with Crippen LogP contribution in [0.15, 0.2) is 0 Å². The van der Waals surface area contributed by atoms with Gasteiger partial charge in [-0.1, -0.05) is 20.8 Å². The van der Waals surface area contributed by atoms with Gasteiger partial charge < -0.3 is 10.1 Å². The van der Waals surface area contributed by atoms with Crippen LogP contribution in [-0.2, 0) is 19.1 Å². The monoisotopic (exact) mass is 300 g/mol. The van der Waals surface area contributed by atoms with Gasteiger partial charge in [0, 0.05) is 0 Å². The molecule has 0 aliphatic heterocycles. The second-order valence-electron chi connectivity index (χ2n) is 5.42. The van der Waals surface area contributed by atoms with Crippen molar-refractivity contribution in [2.45, 2.75) is 47.1 Å². The number of ether oxygens (including phenoxy) is 1. The van der Waals surface area contributed by atoms with Gasteiger partial charge in [0.15, 0.2) is 5.78 Å². The Bertz CT molecular complexity index is 356. The first kappa shape index (κ1) is 19.6. The minimum Gasteiger partial charge on any atom is -0.465 e. The molecule has 0 saturated carbocycles. The first-order chi connectivity index (χ1) is 9.81. The number of nitrogens with zero attached hydrogens (tertiary/aromatic N) is 1. The maximum Gasteiger partial charge on any atom is 0.320 e. The molecule has 0 radical (unpaired) electrons. The lowest BCUT2D eigenvalue weighted by Crippen LogP contribution is -2.48. The van der Waals surface area contributed by atoms with Crippen LogP contribution in [0.1, 0.15) is 41.0 Å². The topological polar surface area (TPSA) is 75.7 Å². The fourth-order valence-electron chi connectivity index (χ4n) is 2.08. The van der Waals surface area contributed by atoms with E-state index in [0.717, 1.165) is 6.42 Å². The molecule has 1 amide bonds. The highest BCUT2D eigenvalue weighted by Gasteiger charge is 2.22. The molecular weight excluding hydrogens is 272 g/mol. The Balaban J connectivity index is 4.52. The van der Waals surface area contributed by atoms with Gasteiger partial charge in [-0.3, -0.25) is 19.3 Å². The van der Waals surface area contributed by atoms with Crippen LogP contribution >= 0.6 is 0 Å². The third-order valence-electron chi connectivity index (χ3n) is 2.99. The Morgan fingerprint density at radius 2 is 1.76 bits per heavy atom. The van der Waals surface area contributed by atoms with E-state index in [1.54, 1.807) is 11.8 Å². The van der Waals surface area contributed by atoms with E-state index in [9.17, 15) is 14.4 Å². The summed E-state index contributed by atoms with van der Waals surface area (Å²) in [7, 11) is 0. The molecule has 1 unspecified atom stereocenters. The molecule has 1 atom stereocenters. The summed E-state index contributed by atoms with van der Waals surface area (Å²) in [6.45, 7) is 10.1. The summed E-state index contributed by atoms with van der Waals surface area (Å²) in [5, 5.41) is 2.73. The maximum absolute atomic E-state index is 12.0. The highest BCUT2D eigenvalue weighted by atomic mass is 16.5. The van der Waals surface area contributed by atoms with Crippen molar-refractivity contribution in [3.05, 3.63) is 0 Å². The van der Waals surface area contributed by atoms with Crippen LogP contribution in [0.2, 0.25) is 0 Å². The minimum absolute atomic E-state index is 0.0381. The minimum atomic E-state index is -0.483. The van der Waals surface area contributed by atoms with E-state index in [2.05, 4.69) is 5.32 Å². The number of carbonyl (C=O) groups excluding carboxylic acids is 3. The smallest absolute Gasteiger partial charge is 0.320 e. The van der Waals surface area contributed by atoms with Crippen molar-refractivity contribution < 1.29 is 19.1 Å². The molecule has 0 saturated heterocycles. The molecule has 0 heterocycles. The van der Waals surface area contributed by atoms with Gasteiger partial charge in [-0.15, -0.1) is 0 Å². The molecule has 0 rings (SSSR count). The zero-order valence-corrected chi connectivity index (χ0v) is 13.8. The molecule has 1 N–H and O–H groups in total. The Labute approximate surface area is 127 Å². The fourth-order valence-corrected chi connectivity index (χ4v) is 2.08. The molecule has 6 heteroatoms. The lowest BCUT2D eigenvalue weighted by atomic mass is 10.0. The van der Waals surface area contributed by atoms with Gasteiger partial charge in [-0.25, -0.2) is 0 Å². The van der Waals surface area contributed by atoms with E-state index >= 15 is 0 Å². The molecule has 0 aromatic heterocycles. The van der Waals surface area contributed by atoms with Crippen LogP contribution in [-0.4, -0.2) is 54.8 Å². The van der Waals surface area contributed by atoms with Crippen molar-refractivity contribution in [2.24, 2.45) is 5.92 Å². The van der Waals surface area contributed by atoms with Crippen molar-refractivity contribution in [3.8, 4) is 0 Å². The van der Waals surface area contributed by atoms with Crippen LogP contribution in [0.4, 0.5) is 0 Å². The number of ketones is 1. The SMILES string of the molecule is CCCN(CC(=O)NC(C(C)=O)C(C)C)CC(=O)OCC. The largest absolute Gasteiger partial charge is 0.465 e. The normalized spacial score (nSPS) is 12.3. The summed E-state index contributed by atoms with van der Waals surface area (Å²) in [4.78, 5) is 36.7. The number of nitrogens with one attached hydrogen (secondary N) is 1. The molecule has 122 valence electrons. The van der Waals surface area contributed by atoms with Crippen molar-refractivity contribution in [2.75, 3.05) is 26.2 Å². The van der Waals surface area contributed by atoms with E-state index in [4.69, 9.17) is 4.74 Å². The molecule has 0 aliphatic rings. The summed E-state index contributed by atoms with van der Waals surface area (Å²) in [6.07, 6.45) is 0.826. The van der Waals surface area contributed by atoms with Gasteiger partial charge in [-0.2, -0.15) is 0 Å². The average molecular weight is 300 g/mol. The van der Waals surface area contributed by atoms with Crippen molar-refractivity contribution >= 4 is 17.7 Å². The highest BCUT2D eigenvalue weighted by Crippen LogP contribution is 2.03. The maximum atomic E-state index is 12.0. The van der Waals surface area contributed by atoms with Crippen molar-refractivity contribution in [1.82, 2.24) is 10.2 Å². The Morgan fingerprint density at radius 1 is 1.14 bits per heavy atom. The average Bonchev–Trinajstić information content (AvgIpc) is 2.35. The van der Waals surface area contributed by atoms with E-state index < -0.39 is 6.04 Å².